The molecule has 2 aromatic carbocycles. The molecule has 2 N–H and O–H groups in total. The van der Waals surface area contributed by atoms with Crippen molar-refractivity contribution < 1.29 is 9.59 Å². The standard InChI is InChI=1S/C17H17BrN2O2/c1-2-9-19-16(21)12-5-3-6-13(10-12)17(22)20-15-8-4-7-14(18)11-15/h3-8,10-11H,2,9H2,1H3,(H,19,21)(H,20,22). The van der Waals surface area contributed by atoms with Gasteiger partial charge in [0.15, 0.2) is 0 Å². The summed E-state index contributed by atoms with van der Waals surface area (Å²) in [6.45, 7) is 2.61. The lowest BCUT2D eigenvalue weighted by molar-refractivity contribution is 0.0953. The number of anilines is 1. The van der Waals surface area contributed by atoms with Crippen LogP contribution in [0, 0.1) is 0 Å². The van der Waals surface area contributed by atoms with Crippen molar-refractivity contribution in [3.05, 3.63) is 64.1 Å². The molecule has 0 aliphatic heterocycles. The first-order chi connectivity index (χ1) is 10.6. The summed E-state index contributed by atoms with van der Waals surface area (Å²) in [4.78, 5) is 24.2. The zero-order chi connectivity index (χ0) is 15.9. The number of carbonyl (C=O) groups excluding carboxylic acids is 2. The normalized spacial score (nSPS) is 10.1. The molecule has 4 nitrogen and oxygen atoms in total. The van der Waals surface area contributed by atoms with E-state index in [2.05, 4.69) is 26.6 Å². The molecule has 2 rings (SSSR count). The molecule has 0 bridgehead atoms. The van der Waals surface area contributed by atoms with Gasteiger partial charge in [-0.1, -0.05) is 35.0 Å². The lowest BCUT2D eigenvalue weighted by Crippen LogP contribution is -2.24. The Hall–Kier alpha value is -2.14. The van der Waals surface area contributed by atoms with Gasteiger partial charge >= 0.3 is 0 Å². The summed E-state index contributed by atoms with van der Waals surface area (Å²) in [7, 11) is 0. The maximum absolute atomic E-state index is 12.3. The number of carbonyl (C=O) groups is 2. The molecule has 0 fully saturated rings. The zero-order valence-electron chi connectivity index (χ0n) is 12.2. The Morgan fingerprint density at radius 2 is 1.68 bits per heavy atom. The van der Waals surface area contributed by atoms with E-state index in [9.17, 15) is 9.59 Å². The summed E-state index contributed by atoms with van der Waals surface area (Å²) in [6.07, 6.45) is 0.870. The fraction of sp³-hybridized carbons (Fsp3) is 0.176. The molecule has 0 radical (unpaired) electrons. The number of hydrogen-bond acceptors (Lipinski definition) is 2. The largest absolute Gasteiger partial charge is 0.352 e. The number of halogens is 1. The van der Waals surface area contributed by atoms with E-state index in [0.29, 0.717) is 23.4 Å². The van der Waals surface area contributed by atoms with Crippen molar-refractivity contribution in [2.75, 3.05) is 11.9 Å². The summed E-state index contributed by atoms with van der Waals surface area (Å²) >= 11 is 3.36. The number of rotatable bonds is 5. The summed E-state index contributed by atoms with van der Waals surface area (Å²) in [5.41, 5.74) is 1.62. The topological polar surface area (TPSA) is 58.2 Å². The Labute approximate surface area is 138 Å². The second kappa shape index (κ2) is 7.75. The van der Waals surface area contributed by atoms with Gasteiger partial charge in [-0.15, -0.1) is 0 Å². The highest BCUT2D eigenvalue weighted by atomic mass is 79.9. The quantitative estimate of drug-likeness (QED) is 0.850. The maximum atomic E-state index is 12.3. The van der Waals surface area contributed by atoms with Gasteiger partial charge in [-0.2, -0.15) is 0 Å². The van der Waals surface area contributed by atoms with Crippen LogP contribution in [-0.4, -0.2) is 18.4 Å². The number of amides is 2. The zero-order valence-corrected chi connectivity index (χ0v) is 13.8. The van der Waals surface area contributed by atoms with E-state index >= 15 is 0 Å². The van der Waals surface area contributed by atoms with Gasteiger partial charge in [0.25, 0.3) is 11.8 Å². The number of nitrogens with one attached hydrogen (secondary N) is 2. The lowest BCUT2D eigenvalue weighted by Gasteiger charge is -2.08. The highest BCUT2D eigenvalue weighted by Crippen LogP contribution is 2.17. The van der Waals surface area contributed by atoms with Gasteiger partial charge in [0, 0.05) is 27.8 Å². The van der Waals surface area contributed by atoms with Crippen molar-refractivity contribution in [3.8, 4) is 0 Å². The third-order valence-corrected chi connectivity index (χ3v) is 3.50. The minimum Gasteiger partial charge on any atom is -0.352 e. The molecule has 0 aliphatic carbocycles. The molecule has 0 unspecified atom stereocenters. The van der Waals surface area contributed by atoms with Crippen molar-refractivity contribution >= 4 is 33.4 Å². The third-order valence-electron chi connectivity index (χ3n) is 3.00. The summed E-state index contributed by atoms with van der Waals surface area (Å²) in [6, 6.07) is 14.0. The minimum atomic E-state index is -0.247. The highest BCUT2D eigenvalue weighted by Gasteiger charge is 2.10. The van der Waals surface area contributed by atoms with Gasteiger partial charge < -0.3 is 10.6 Å². The van der Waals surface area contributed by atoms with Crippen molar-refractivity contribution in [3.63, 3.8) is 0 Å². The Morgan fingerprint density at radius 3 is 2.36 bits per heavy atom. The smallest absolute Gasteiger partial charge is 0.255 e. The summed E-state index contributed by atoms with van der Waals surface area (Å²) in [5.74, 6) is -0.415. The van der Waals surface area contributed by atoms with Gasteiger partial charge in [-0.3, -0.25) is 9.59 Å². The molecule has 0 aliphatic rings. The van der Waals surface area contributed by atoms with Gasteiger partial charge in [0.2, 0.25) is 0 Å². The molecule has 0 heterocycles. The molecule has 2 amide bonds. The molecule has 114 valence electrons. The average molecular weight is 361 g/mol. The molecule has 0 atom stereocenters. The summed E-state index contributed by atoms with van der Waals surface area (Å²) < 4.78 is 0.887. The second-order valence-corrected chi connectivity index (χ2v) is 5.72. The monoisotopic (exact) mass is 360 g/mol. The molecule has 0 saturated carbocycles. The van der Waals surface area contributed by atoms with E-state index < -0.39 is 0 Å². The van der Waals surface area contributed by atoms with Gasteiger partial charge in [0.1, 0.15) is 0 Å². The fourth-order valence-electron chi connectivity index (χ4n) is 1.91. The Kier molecular flexibility index (Phi) is 5.72. The SMILES string of the molecule is CCCNC(=O)c1cccc(C(=O)Nc2cccc(Br)c2)c1. The molecular weight excluding hydrogens is 344 g/mol. The Balaban J connectivity index is 2.11. The molecule has 22 heavy (non-hydrogen) atoms. The first-order valence-electron chi connectivity index (χ1n) is 7.05. The third kappa shape index (κ3) is 4.43. The van der Waals surface area contributed by atoms with E-state index in [1.807, 2.05) is 25.1 Å². The maximum Gasteiger partial charge on any atom is 0.255 e. The highest BCUT2D eigenvalue weighted by molar-refractivity contribution is 9.10. The molecule has 5 heteroatoms. The number of hydrogen-bond donors (Lipinski definition) is 2. The van der Waals surface area contributed by atoms with E-state index in [1.54, 1.807) is 30.3 Å². The van der Waals surface area contributed by atoms with Crippen molar-refractivity contribution in [2.24, 2.45) is 0 Å². The molecule has 0 saturated heterocycles. The van der Waals surface area contributed by atoms with Crippen LogP contribution in [0.1, 0.15) is 34.1 Å². The summed E-state index contributed by atoms with van der Waals surface area (Å²) in [5, 5.41) is 5.60. The van der Waals surface area contributed by atoms with Crippen molar-refractivity contribution in [1.29, 1.82) is 0 Å². The Bertz CT molecular complexity index is 686. The van der Waals surface area contributed by atoms with Crippen LogP contribution in [0.5, 0.6) is 0 Å². The molecule has 2 aromatic rings. The van der Waals surface area contributed by atoms with Gasteiger partial charge in [0.05, 0.1) is 0 Å². The van der Waals surface area contributed by atoms with Crippen LogP contribution in [0.3, 0.4) is 0 Å². The average Bonchev–Trinajstić information content (AvgIpc) is 2.52. The Morgan fingerprint density at radius 1 is 1.00 bits per heavy atom. The predicted molar refractivity (Wildman–Crippen MR) is 91.2 cm³/mol. The van der Waals surface area contributed by atoms with Crippen molar-refractivity contribution in [2.45, 2.75) is 13.3 Å². The van der Waals surface area contributed by atoms with Crippen LogP contribution >= 0.6 is 15.9 Å². The van der Waals surface area contributed by atoms with E-state index in [4.69, 9.17) is 0 Å². The minimum absolute atomic E-state index is 0.168. The molecular formula is C17H17BrN2O2. The van der Waals surface area contributed by atoms with E-state index in [1.165, 1.54) is 0 Å². The van der Waals surface area contributed by atoms with Crippen LogP contribution in [0.25, 0.3) is 0 Å². The molecule has 0 aromatic heterocycles. The lowest BCUT2D eigenvalue weighted by atomic mass is 10.1. The van der Waals surface area contributed by atoms with Crippen molar-refractivity contribution in [1.82, 2.24) is 5.32 Å². The second-order valence-electron chi connectivity index (χ2n) is 4.80. The van der Waals surface area contributed by atoms with E-state index in [0.717, 1.165) is 10.9 Å². The van der Waals surface area contributed by atoms with Crippen LogP contribution in [0.2, 0.25) is 0 Å². The first kappa shape index (κ1) is 16.2. The first-order valence-corrected chi connectivity index (χ1v) is 7.84. The number of benzene rings is 2. The van der Waals surface area contributed by atoms with Gasteiger partial charge in [-0.25, -0.2) is 0 Å². The molecule has 0 spiro atoms. The van der Waals surface area contributed by atoms with Crippen LogP contribution < -0.4 is 10.6 Å². The van der Waals surface area contributed by atoms with E-state index in [-0.39, 0.29) is 11.8 Å². The van der Waals surface area contributed by atoms with Gasteiger partial charge in [-0.05, 0) is 42.8 Å². The van der Waals surface area contributed by atoms with Crippen LogP contribution in [0.15, 0.2) is 53.0 Å². The van der Waals surface area contributed by atoms with Crippen LogP contribution in [0.4, 0.5) is 5.69 Å². The fourth-order valence-corrected chi connectivity index (χ4v) is 2.31. The van der Waals surface area contributed by atoms with Crippen LogP contribution in [-0.2, 0) is 0 Å². The predicted octanol–water partition coefficient (Wildman–Crippen LogP) is 3.84.